The lowest BCUT2D eigenvalue weighted by Gasteiger charge is -2.08. The number of halogens is 1. The Balaban J connectivity index is 2.48. The molecule has 0 aliphatic rings. The zero-order valence-corrected chi connectivity index (χ0v) is 10.0. The highest BCUT2D eigenvalue weighted by atomic mass is 35.5. The van der Waals surface area contributed by atoms with Crippen LogP contribution in [0.15, 0.2) is 18.2 Å². The zero-order chi connectivity index (χ0) is 11.8. The molecule has 0 aliphatic carbocycles. The third-order valence-electron chi connectivity index (χ3n) is 2.11. The highest BCUT2D eigenvalue weighted by Gasteiger charge is 2.04. The van der Waals surface area contributed by atoms with Crippen molar-refractivity contribution in [3.8, 4) is 6.07 Å². The summed E-state index contributed by atoms with van der Waals surface area (Å²) >= 11 is 5.90. The fourth-order valence-electron chi connectivity index (χ4n) is 1.33. The Morgan fingerprint density at radius 1 is 1.50 bits per heavy atom. The van der Waals surface area contributed by atoms with E-state index in [2.05, 4.69) is 11.4 Å². The molecule has 1 rings (SSSR count). The Labute approximate surface area is 101 Å². The molecule has 4 heteroatoms. The van der Waals surface area contributed by atoms with E-state index in [1.165, 1.54) is 0 Å². The minimum absolute atomic E-state index is 0.484. The van der Waals surface area contributed by atoms with E-state index in [1.807, 2.05) is 19.1 Å². The van der Waals surface area contributed by atoms with Gasteiger partial charge in [-0.05, 0) is 25.5 Å². The van der Waals surface area contributed by atoms with Gasteiger partial charge in [0.2, 0.25) is 0 Å². The van der Waals surface area contributed by atoms with E-state index in [1.54, 1.807) is 6.07 Å². The van der Waals surface area contributed by atoms with Crippen LogP contribution in [-0.4, -0.2) is 19.8 Å². The summed E-state index contributed by atoms with van der Waals surface area (Å²) in [6.07, 6.45) is 0.908. The average Bonchev–Trinajstić information content (AvgIpc) is 2.29. The topological polar surface area (TPSA) is 45.0 Å². The van der Waals surface area contributed by atoms with Crippen molar-refractivity contribution < 1.29 is 4.74 Å². The molecule has 1 N–H and O–H groups in total. The van der Waals surface area contributed by atoms with Crippen molar-refractivity contribution in [1.82, 2.24) is 0 Å². The van der Waals surface area contributed by atoms with Gasteiger partial charge in [-0.1, -0.05) is 17.7 Å². The molecular weight excluding hydrogens is 224 g/mol. The highest BCUT2D eigenvalue weighted by molar-refractivity contribution is 6.32. The maximum absolute atomic E-state index is 8.94. The van der Waals surface area contributed by atoms with Crippen LogP contribution in [0.4, 0.5) is 5.69 Å². The molecule has 0 saturated heterocycles. The molecule has 0 amide bonds. The molecule has 0 atom stereocenters. The van der Waals surface area contributed by atoms with Gasteiger partial charge in [-0.3, -0.25) is 0 Å². The number of ether oxygens (including phenoxy) is 1. The summed E-state index contributed by atoms with van der Waals surface area (Å²) in [5, 5.41) is 12.6. The maximum Gasteiger partial charge on any atom is 0.103 e. The van der Waals surface area contributed by atoms with Gasteiger partial charge < -0.3 is 10.1 Å². The van der Waals surface area contributed by atoms with Crippen molar-refractivity contribution in [1.29, 1.82) is 5.26 Å². The van der Waals surface area contributed by atoms with Crippen LogP contribution in [0.1, 0.15) is 18.9 Å². The Kier molecular flexibility index (Phi) is 5.69. The first-order chi connectivity index (χ1) is 7.79. The summed E-state index contributed by atoms with van der Waals surface area (Å²) in [4.78, 5) is 0. The van der Waals surface area contributed by atoms with Gasteiger partial charge >= 0.3 is 0 Å². The fraction of sp³-hybridized carbons (Fsp3) is 0.417. The lowest BCUT2D eigenvalue weighted by atomic mass is 10.2. The Bertz CT molecular complexity index is 374. The van der Waals surface area contributed by atoms with Gasteiger partial charge in [0.25, 0.3) is 0 Å². The third kappa shape index (κ3) is 3.73. The van der Waals surface area contributed by atoms with Crippen LogP contribution in [0.25, 0.3) is 0 Å². The lowest BCUT2D eigenvalue weighted by molar-refractivity contribution is 0.147. The van der Waals surface area contributed by atoms with Crippen molar-refractivity contribution in [2.45, 2.75) is 13.3 Å². The van der Waals surface area contributed by atoms with E-state index < -0.39 is 0 Å². The number of anilines is 1. The number of nitriles is 1. The predicted octanol–water partition coefficient (Wildman–Crippen LogP) is 3.05. The van der Waals surface area contributed by atoms with E-state index >= 15 is 0 Å². The van der Waals surface area contributed by atoms with Crippen LogP contribution >= 0.6 is 11.6 Å². The van der Waals surface area contributed by atoms with E-state index in [-0.39, 0.29) is 0 Å². The van der Waals surface area contributed by atoms with Crippen LogP contribution in [0.5, 0.6) is 0 Å². The summed E-state index contributed by atoms with van der Waals surface area (Å²) in [7, 11) is 0. The molecule has 0 radical (unpaired) electrons. The number of rotatable bonds is 6. The molecule has 0 heterocycles. The average molecular weight is 239 g/mol. The zero-order valence-electron chi connectivity index (χ0n) is 9.29. The molecule has 0 aliphatic heterocycles. The van der Waals surface area contributed by atoms with E-state index in [0.29, 0.717) is 10.6 Å². The predicted molar refractivity (Wildman–Crippen MR) is 65.8 cm³/mol. The number of nitrogens with zero attached hydrogens (tertiary/aromatic N) is 1. The van der Waals surface area contributed by atoms with Crippen molar-refractivity contribution in [2.75, 3.05) is 25.1 Å². The Hall–Kier alpha value is -1.24. The fourth-order valence-corrected chi connectivity index (χ4v) is 1.54. The van der Waals surface area contributed by atoms with E-state index in [4.69, 9.17) is 21.6 Å². The smallest absolute Gasteiger partial charge is 0.103 e. The third-order valence-corrected chi connectivity index (χ3v) is 2.43. The SMILES string of the molecule is CCOCCCNc1cccc(Cl)c1C#N. The van der Waals surface area contributed by atoms with Crippen molar-refractivity contribution in [3.63, 3.8) is 0 Å². The molecule has 3 nitrogen and oxygen atoms in total. The molecule has 0 unspecified atom stereocenters. The van der Waals surface area contributed by atoms with Gasteiger partial charge in [-0.25, -0.2) is 0 Å². The standard InChI is InChI=1S/C12H15ClN2O/c1-2-16-8-4-7-15-12-6-3-5-11(13)10(12)9-14/h3,5-6,15H,2,4,7-8H2,1H3. The minimum atomic E-state index is 0.484. The van der Waals surface area contributed by atoms with Crippen molar-refractivity contribution >= 4 is 17.3 Å². The second kappa shape index (κ2) is 7.10. The normalized spacial score (nSPS) is 9.81. The molecule has 16 heavy (non-hydrogen) atoms. The monoisotopic (exact) mass is 238 g/mol. The number of benzene rings is 1. The second-order valence-electron chi connectivity index (χ2n) is 3.25. The van der Waals surface area contributed by atoms with Crippen LogP contribution < -0.4 is 5.32 Å². The van der Waals surface area contributed by atoms with Crippen LogP contribution in [0, 0.1) is 11.3 Å². The first kappa shape index (κ1) is 12.8. The molecule has 1 aromatic carbocycles. The molecule has 1 aromatic rings. The van der Waals surface area contributed by atoms with Crippen LogP contribution in [0.2, 0.25) is 5.02 Å². The highest BCUT2D eigenvalue weighted by Crippen LogP contribution is 2.22. The molecule has 0 spiro atoms. The number of hydrogen-bond acceptors (Lipinski definition) is 3. The lowest BCUT2D eigenvalue weighted by Crippen LogP contribution is -2.06. The van der Waals surface area contributed by atoms with E-state index in [0.717, 1.165) is 31.9 Å². The van der Waals surface area contributed by atoms with Gasteiger partial charge in [0.15, 0.2) is 0 Å². The first-order valence-electron chi connectivity index (χ1n) is 5.29. The van der Waals surface area contributed by atoms with Crippen LogP contribution in [-0.2, 0) is 4.74 Å². The van der Waals surface area contributed by atoms with Gasteiger partial charge in [-0.15, -0.1) is 0 Å². The van der Waals surface area contributed by atoms with Crippen LogP contribution in [0.3, 0.4) is 0 Å². The van der Waals surface area contributed by atoms with Crippen molar-refractivity contribution in [2.24, 2.45) is 0 Å². The van der Waals surface area contributed by atoms with Gasteiger partial charge in [0, 0.05) is 19.8 Å². The van der Waals surface area contributed by atoms with Gasteiger partial charge in [-0.2, -0.15) is 5.26 Å². The number of hydrogen-bond donors (Lipinski definition) is 1. The quantitative estimate of drug-likeness (QED) is 0.775. The van der Waals surface area contributed by atoms with Gasteiger partial charge in [0.1, 0.15) is 6.07 Å². The summed E-state index contributed by atoms with van der Waals surface area (Å²) in [5.41, 5.74) is 1.28. The molecule has 0 bridgehead atoms. The summed E-state index contributed by atoms with van der Waals surface area (Å²) in [6, 6.07) is 7.48. The van der Waals surface area contributed by atoms with E-state index in [9.17, 15) is 0 Å². The summed E-state index contributed by atoms with van der Waals surface area (Å²) < 4.78 is 5.22. The molecule has 0 saturated carbocycles. The summed E-state index contributed by atoms with van der Waals surface area (Å²) in [5.74, 6) is 0. The van der Waals surface area contributed by atoms with Gasteiger partial charge in [0.05, 0.1) is 16.3 Å². The molecule has 0 fully saturated rings. The first-order valence-corrected chi connectivity index (χ1v) is 5.67. The molecular formula is C12H15ClN2O. The van der Waals surface area contributed by atoms with Crippen molar-refractivity contribution in [3.05, 3.63) is 28.8 Å². The Morgan fingerprint density at radius 2 is 2.31 bits per heavy atom. The molecule has 86 valence electrons. The number of nitrogens with one attached hydrogen (secondary N) is 1. The summed E-state index contributed by atoms with van der Waals surface area (Å²) in [6.45, 7) is 4.21. The second-order valence-corrected chi connectivity index (χ2v) is 3.66. The maximum atomic E-state index is 8.94. The molecule has 0 aromatic heterocycles. The minimum Gasteiger partial charge on any atom is -0.384 e. The Morgan fingerprint density at radius 3 is 3.00 bits per heavy atom. The largest absolute Gasteiger partial charge is 0.384 e.